The van der Waals surface area contributed by atoms with Crippen LogP contribution < -0.4 is 0 Å². The van der Waals surface area contributed by atoms with Gasteiger partial charge in [0.15, 0.2) is 5.82 Å². The molecule has 3 aliphatic carbocycles. The lowest BCUT2D eigenvalue weighted by atomic mass is 9.80. The van der Waals surface area contributed by atoms with Gasteiger partial charge in [-0.05, 0) is 79.7 Å². The molecule has 2 aromatic heterocycles. The molecule has 0 bridgehead atoms. The molecular weight excluding hydrogens is 371 g/mol. The molecule has 4 atom stereocenters. The summed E-state index contributed by atoms with van der Waals surface area (Å²) in [6, 6.07) is 12.2. The van der Waals surface area contributed by atoms with Crippen molar-refractivity contribution in [2.45, 2.75) is 64.2 Å². The van der Waals surface area contributed by atoms with E-state index < -0.39 is 0 Å². The molecule has 3 fully saturated rings. The molecular formula is C27H31FN2. The average Bonchev–Trinajstić information content (AvgIpc) is 3.38. The van der Waals surface area contributed by atoms with E-state index in [9.17, 15) is 4.39 Å². The smallest absolute Gasteiger partial charge is 0.151 e. The number of rotatable bonds is 4. The Kier molecular flexibility index (Phi) is 4.47. The molecule has 0 aliphatic heterocycles. The molecule has 0 radical (unpaired) electrons. The van der Waals surface area contributed by atoms with E-state index in [0.717, 1.165) is 46.7 Å². The van der Waals surface area contributed by atoms with E-state index in [4.69, 9.17) is 4.98 Å². The molecule has 1 N–H and O–H groups in total. The van der Waals surface area contributed by atoms with Crippen molar-refractivity contribution in [1.29, 1.82) is 0 Å². The largest absolute Gasteiger partial charge is 0.357 e. The van der Waals surface area contributed by atoms with Crippen LogP contribution >= 0.6 is 0 Å². The Hall–Kier alpha value is -2.16. The van der Waals surface area contributed by atoms with Crippen LogP contribution in [0.1, 0.15) is 69.0 Å². The fourth-order valence-electron chi connectivity index (χ4n) is 6.60. The van der Waals surface area contributed by atoms with Crippen molar-refractivity contribution in [3.8, 4) is 11.3 Å². The molecule has 0 amide bonds. The van der Waals surface area contributed by atoms with Gasteiger partial charge in [-0.25, -0.2) is 9.37 Å². The van der Waals surface area contributed by atoms with Crippen LogP contribution in [0.25, 0.3) is 22.3 Å². The molecule has 3 aliphatic rings. The van der Waals surface area contributed by atoms with Crippen LogP contribution in [-0.4, -0.2) is 9.97 Å². The third kappa shape index (κ3) is 3.09. The van der Waals surface area contributed by atoms with Crippen LogP contribution in [0.3, 0.4) is 0 Å². The molecule has 156 valence electrons. The molecule has 0 spiro atoms. The summed E-state index contributed by atoms with van der Waals surface area (Å²) in [6.07, 6.45) is 10.5. The molecule has 4 unspecified atom stereocenters. The van der Waals surface area contributed by atoms with Gasteiger partial charge < -0.3 is 4.98 Å². The second kappa shape index (κ2) is 7.21. The van der Waals surface area contributed by atoms with E-state index in [0.29, 0.717) is 11.6 Å². The van der Waals surface area contributed by atoms with E-state index in [1.54, 1.807) is 6.07 Å². The SMILES string of the molecule is CC1CCC2C(Cc3cc4nc(-c5ccc(C6CCC6)cc5)c(F)cc4[nH]3)CCC12. The van der Waals surface area contributed by atoms with Crippen LogP contribution in [0.5, 0.6) is 0 Å². The van der Waals surface area contributed by atoms with Gasteiger partial charge in [0, 0.05) is 17.3 Å². The third-order valence-electron chi connectivity index (χ3n) is 8.57. The Morgan fingerprint density at radius 3 is 2.53 bits per heavy atom. The second-order valence-electron chi connectivity index (χ2n) is 10.2. The van der Waals surface area contributed by atoms with E-state index >= 15 is 0 Å². The zero-order valence-corrected chi connectivity index (χ0v) is 17.8. The number of hydrogen-bond donors (Lipinski definition) is 1. The lowest BCUT2D eigenvalue weighted by molar-refractivity contribution is 0.322. The molecule has 1 aromatic carbocycles. The predicted molar refractivity (Wildman–Crippen MR) is 120 cm³/mol. The lowest BCUT2D eigenvalue weighted by Gasteiger charge is -2.25. The van der Waals surface area contributed by atoms with Gasteiger partial charge in [-0.15, -0.1) is 0 Å². The van der Waals surface area contributed by atoms with Crippen molar-refractivity contribution in [2.75, 3.05) is 0 Å². The Morgan fingerprint density at radius 2 is 1.77 bits per heavy atom. The molecule has 6 rings (SSSR count). The van der Waals surface area contributed by atoms with Crippen LogP contribution in [0.2, 0.25) is 0 Å². The van der Waals surface area contributed by atoms with Gasteiger partial charge in [-0.3, -0.25) is 0 Å². The first-order valence-electron chi connectivity index (χ1n) is 11.9. The highest BCUT2D eigenvalue weighted by atomic mass is 19.1. The Labute approximate surface area is 178 Å². The normalized spacial score (nSPS) is 28.7. The summed E-state index contributed by atoms with van der Waals surface area (Å²) in [5, 5.41) is 0. The molecule has 30 heavy (non-hydrogen) atoms. The fraction of sp³-hybridized carbons (Fsp3) is 0.519. The molecule has 3 heteroatoms. The van der Waals surface area contributed by atoms with E-state index in [1.807, 2.05) is 12.1 Å². The summed E-state index contributed by atoms with van der Waals surface area (Å²) in [6.45, 7) is 2.43. The molecule has 3 saturated carbocycles. The van der Waals surface area contributed by atoms with Gasteiger partial charge in [0.2, 0.25) is 0 Å². The Bertz CT molecular complexity index is 1060. The van der Waals surface area contributed by atoms with Gasteiger partial charge in [0.05, 0.1) is 11.0 Å². The molecule has 3 aromatic rings. The monoisotopic (exact) mass is 402 g/mol. The summed E-state index contributed by atoms with van der Waals surface area (Å²) in [5.41, 5.74) is 5.66. The van der Waals surface area contributed by atoms with Gasteiger partial charge in [-0.2, -0.15) is 0 Å². The Balaban J connectivity index is 1.25. The number of nitrogens with zero attached hydrogens (tertiary/aromatic N) is 1. The van der Waals surface area contributed by atoms with Crippen molar-refractivity contribution >= 4 is 11.0 Å². The zero-order chi connectivity index (χ0) is 20.2. The molecule has 0 saturated heterocycles. The van der Waals surface area contributed by atoms with E-state index in [2.05, 4.69) is 30.1 Å². The summed E-state index contributed by atoms with van der Waals surface area (Å²) in [7, 11) is 0. The topological polar surface area (TPSA) is 28.7 Å². The minimum Gasteiger partial charge on any atom is -0.357 e. The second-order valence-corrected chi connectivity index (χ2v) is 10.2. The van der Waals surface area contributed by atoms with Gasteiger partial charge in [0.1, 0.15) is 5.69 Å². The van der Waals surface area contributed by atoms with Crippen molar-refractivity contribution in [1.82, 2.24) is 9.97 Å². The van der Waals surface area contributed by atoms with Crippen LogP contribution in [-0.2, 0) is 6.42 Å². The number of aromatic nitrogens is 2. The first kappa shape index (κ1) is 18.6. The number of pyridine rings is 1. The maximum atomic E-state index is 14.9. The number of hydrogen-bond acceptors (Lipinski definition) is 1. The summed E-state index contributed by atoms with van der Waals surface area (Å²) >= 11 is 0. The van der Waals surface area contributed by atoms with Crippen LogP contribution in [0.4, 0.5) is 4.39 Å². The van der Waals surface area contributed by atoms with Crippen molar-refractivity contribution in [2.24, 2.45) is 23.7 Å². The lowest BCUT2D eigenvalue weighted by Crippen LogP contribution is -2.13. The summed E-state index contributed by atoms with van der Waals surface area (Å²) < 4.78 is 14.9. The highest BCUT2D eigenvalue weighted by molar-refractivity contribution is 5.80. The van der Waals surface area contributed by atoms with E-state index in [-0.39, 0.29) is 5.82 Å². The zero-order valence-electron chi connectivity index (χ0n) is 17.8. The average molecular weight is 403 g/mol. The number of fused-ring (bicyclic) bond motifs is 2. The molecule has 2 nitrogen and oxygen atoms in total. The van der Waals surface area contributed by atoms with Crippen molar-refractivity contribution in [3.63, 3.8) is 0 Å². The molecule has 2 heterocycles. The summed E-state index contributed by atoms with van der Waals surface area (Å²) in [5.74, 6) is 3.96. The van der Waals surface area contributed by atoms with Crippen LogP contribution in [0, 0.1) is 29.5 Å². The minimum absolute atomic E-state index is 0.238. The predicted octanol–water partition coefficient (Wildman–Crippen LogP) is 7.25. The van der Waals surface area contributed by atoms with Gasteiger partial charge >= 0.3 is 0 Å². The maximum absolute atomic E-state index is 14.9. The van der Waals surface area contributed by atoms with Crippen molar-refractivity contribution in [3.05, 3.63) is 53.5 Å². The highest BCUT2D eigenvalue weighted by Gasteiger charge is 2.42. The first-order valence-corrected chi connectivity index (χ1v) is 11.9. The number of halogens is 1. The Morgan fingerprint density at radius 1 is 0.967 bits per heavy atom. The highest BCUT2D eigenvalue weighted by Crippen LogP contribution is 2.51. The number of nitrogens with one attached hydrogen (secondary N) is 1. The van der Waals surface area contributed by atoms with Crippen molar-refractivity contribution < 1.29 is 4.39 Å². The summed E-state index contributed by atoms with van der Waals surface area (Å²) in [4.78, 5) is 8.19. The first-order chi connectivity index (χ1) is 14.7. The maximum Gasteiger partial charge on any atom is 0.151 e. The standard InChI is InChI=1S/C27H31FN2/c1-16-5-11-23-20(10-12-22(16)23)13-21-14-25-26(29-21)15-24(28)27(30-25)19-8-6-18(7-9-19)17-3-2-4-17/h6-9,14-17,20,22-23,29H,2-5,10-13H2,1H3. The van der Waals surface area contributed by atoms with Gasteiger partial charge in [-0.1, -0.05) is 44.0 Å². The number of benzene rings is 1. The third-order valence-corrected chi connectivity index (χ3v) is 8.57. The van der Waals surface area contributed by atoms with Crippen LogP contribution in [0.15, 0.2) is 36.4 Å². The number of aromatic amines is 1. The minimum atomic E-state index is -0.238. The number of H-pyrrole nitrogens is 1. The fourth-order valence-corrected chi connectivity index (χ4v) is 6.60. The quantitative estimate of drug-likeness (QED) is 0.489. The van der Waals surface area contributed by atoms with Gasteiger partial charge in [0.25, 0.3) is 0 Å². The van der Waals surface area contributed by atoms with E-state index in [1.165, 1.54) is 56.2 Å².